The van der Waals surface area contributed by atoms with Crippen molar-refractivity contribution in [3.63, 3.8) is 0 Å². The largest absolute Gasteiger partial charge is 0.446 e. The minimum atomic E-state index is -2.94. The van der Waals surface area contributed by atoms with Gasteiger partial charge in [0.05, 0.1) is 47.3 Å². The Morgan fingerprint density at radius 2 is 1.82 bits per heavy atom. The Balaban J connectivity index is 1.67. The molecule has 0 aliphatic carbocycles. The number of sulfone groups is 1. The van der Waals surface area contributed by atoms with Gasteiger partial charge in [-0.05, 0) is 51.3 Å². The molecule has 0 bridgehead atoms. The highest BCUT2D eigenvalue weighted by molar-refractivity contribution is 7.91. The van der Waals surface area contributed by atoms with Crippen molar-refractivity contribution in [2.24, 2.45) is 0 Å². The summed E-state index contributed by atoms with van der Waals surface area (Å²) in [6, 6.07) is 5.50. The number of hydrogen-bond acceptors (Lipinski definition) is 6. The van der Waals surface area contributed by atoms with E-state index >= 15 is 0 Å². The number of nitrogens with zero attached hydrogens (tertiary/aromatic N) is 4. The van der Waals surface area contributed by atoms with E-state index in [0.717, 1.165) is 11.1 Å². The maximum absolute atomic E-state index is 12.8. The quantitative estimate of drug-likeness (QED) is 0.676. The molecule has 0 unspecified atom stereocenters. The second kappa shape index (κ2) is 8.81. The van der Waals surface area contributed by atoms with Crippen molar-refractivity contribution < 1.29 is 22.7 Å². The zero-order valence-electron chi connectivity index (χ0n) is 19.4. The molecule has 1 aromatic heterocycles. The molecule has 4 rings (SSSR count). The zero-order chi connectivity index (χ0) is 23.9. The van der Waals surface area contributed by atoms with E-state index in [4.69, 9.17) is 4.74 Å². The van der Waals surface area contributed by atoms with Crippen LogP contribution in [-0.2, 0) is 19.4 Å². The van der Waals surface area contributed by atoms with Crippen molar-refractivity contribution in [1.29, 1.82) is 0 Å². The van der Waals surface area contributed by atoms with Crippen LogP contribution in [0.4, 0.5) is 16.2 Å². The van der Waals surface area contributed by atoms with Gasteiger partial charge in [-0.25, -0.2) is 13.2 Å². The molecular formula is C23H30N4O5S. The number of carbonyl (C=O) groups is 2. The number of benzene rings is 1. The molecule has 0 spiro atoms. The van der Waals surface area contributed by atoms with E-state index < -0.39 is 15.9 Å². The van der Waals surface area contributed by atoms with Crippen LogP contribution in [0.2, 0.25) is 0 Å². The summed E-state index contributed by atoms with van der Waals surface area (Å²) in [5.74, 6) is 0.267. The highest BCUT2D eigenvalue weighted by Crippen LogP contribution is 2.39. The van der Waals surface area contributed by atoms with Gasteiger partial charge in [0.2, 0.25) is 5.91 Å². The number of rotatable bonds is 3. The van der Waals surface area contributed by atoms with Gasteiger partial charge in [0.15, 0.2) is 0 Å². The van der Waals surface area contributed by atoms with Crippen LogP contribution >= 0.6 is 0 Å². The molecule has 10 heteroatoms. The van der Waals surface area contributed by atoms with E-state index in [2.05, 4.69) is 5.10 Å². The molecule has 1 fully saturated rings. The summed E-state index contributed by atoms with van der Waals surface area (Å²) in [7, 11) is -2.94. The fourth-order valence-electron chi connectivity index (χ4n) is 4.55. The van der Waals surface area contributed by atoms with Crippen molar-refractivity contribution in [3.05, 3.63) is 30.6 Å². The van der Waals surface area contributed by atoms with E-state index in [1.165, 1.54) is 6.92 Å². The van der Waals surface area contributed by atoms with E-state index in [-0.39, 0.29) is 35.6 Å². The Hall–Kier alpha value is -2.88. The molecule has 2 aromatic rings. The molecule has 1 atom stereocenters. The summed E-state index contributed by atoms with van der Waals surface area (Å²) < 4.78 is 30.8. The summed E-state index contributed by atoms with van der Waals surface area (Å²) in [6.07, 6.45) is 4.05. The summed E-state index contributed by atoms with van der Waals surface area (Å²) in [4.78, 5) is 28.5. The summed E-state index contributed by atoms with van der Waals surface area (Å²) in [5.41, 5.74) is 2.98. The molecular weight excluding hydrogens is 444 g/mol. The van der Waals surface area contributed by atoms with Gasteiger partial charge in [0, 0.05) is 25.2 Å². The van der Waals surface area contributed by atoms with Crippen LogP contribution in [0.15, 0.2) is 30.6 Å². The van der Waals surface area contributed by atoms with E-state index in [1.807, 2.05) is 36.0 Å². The Labute approximate surface area is 194 Å². The van der Waals surface area contributed by atoms with Gasteiger partial charge in [-0.2, -0.15) is 5.10 Å². The number of carbonyl (C=O) groups excluding carboxylic acids is 2. The first-order chi connectivity index (χ1) is 15.6. The Morgan fingerprint density at radius 1 is 1.12 bits per heavy atom. The first-order valence-electron chi connectivity index (χ1n) is 11.2. The SMILES string of the molecule is CC(=O)N1c2ccc(-c3cnn(C4CCS(=O)(=O)CC4)c3)cc2N(C(=O)OC(C)C)C[C@@H]1C. The van der Waals surface area contributed by atoms with Crippen LogP contribution in [-0.4, -0.2) is 60.4 Å². The van der Waals surface area contributed by atoms with Crippen LogP contribution < -0.4 is 9.80 Å². The first-order valence-corrected chi connectivity index (χ1v) is 13.0. The van der Waals surface area contributed by atoms with E-state index in [9.17, 15) is 18.0 Å². The fraction of sp³-hybridized carbons (Fsp3) is 0.522. The number of aromatic nitrogens is 2. The molecule has 9 nitrogen and oxygen atoms in total. The topological polar surface area (TPSA) is 102 Å². The number of anilines is 2. The molecule has 2 amide bonds. The zero-order valence-corrected chi connectivity index (χ0v) is 20.2. The molecule has 1 saturated heterocycles. The minimum Gasteiger partial charge on any atom is -0.446 e. The number of fused-ring (bicyclic) bond motifs is 1. The Morgan fingerprint density at radius 3 is 2.45 bits per heavy atom. The van der Waals surface area contributed by atoms with Crippen LogP contribution in [0, 0.1) is 0 Å². The van der Waals surface area contributed by atoms with Crippen LogP contribution in [0.25, 0.3) is 11.1 Å². The minimum absolute atomic E-state index is 0.0477. The maximum Gasteiger partial charge on any atom is 0.414 e. The Bertz CT molecular complexity index is 1160. The van der Waals surface area contributed by atoms with Crippen molar-refractivity contribution in [2.45, 2.75) is 58.7 Å². The lowest BCUT2D eigenvalue weighted by molar-refractivity contribution is -0.117. The molecule has 0 N–H and O–H groups in total. The molecule has 2 aliphatic rings. The summed E-state index contributed by atoms with van der Waals surface area (Å²) >= 11 is 0. The van der Waals surface area contributed by atoms with Gasteiger partial charge in [0.25, 0.3) is 0 Å². The van der Waals surface area contributed by atoms with Gasteiger partial charge in [0.1, 0.15) is 9.84 Å². The first kappa shape index (κ1) is 23.3. The van der Waals surface area contributed by atoms with Gasteiger partial charge in [-0.3, -0.25) is 14.4 Å². The highest BCUT2D eigenvalue weighted by Gasteiger charge is 2.35. The summed E-state index contributed by atoms with van der Waals surface area (Å²) in [6.45, 7) is 7.36. The second-order valence-electron chi connectivity index (χ2n) is 9.08. The fourth-order valence-corrected chi connectivity index (χ4v) is 6.02. The van der Waals surface area contributed by atoms with Crippen molar-refractivity contribution in [1.82, 2.24) is 9.78 Å². The number of ether oxygens (including phenoxy) is 1. The van der Waals surface area contributed by atoms with Gasteiger partial charge in [-0.15, -0.1) is 0 Å². The molecule has 178 valence electrons. The monoisotopic (exact) mass is 474 g/mol. The second-order valence-corrected chi connectivity index (χ2v) is 11.4. The average Bonchev–Trinajstić information content (AvgIpc) is 3.22. The molecule has 1 aromatic carbocycles. The lowest BCUT2D eigenvalue weighted by atomic mass is 10.0. The average molecular weight is 475 g/mol. The number of amides is 2. The third kappa shape index (κ3) is 4.75. The smallest absolute Gasteiger partial charge is 0.414 e. The lowest BCUT2D eigenvalue weighted by Gasteiger charge is -2.40. The lowest BCUT2D eigenvalue weighted by Crippen LogP contribution is -2.51. The third-order valence-electron chi connectivity index (χ3n) is 6.14. The maximum atomic E-state index is 12.8. The molecule has 3 heterocycles. The van der Waals surface area contributed by atoms with Crippen LogP contribution in [0.3, 0.4) is 0 Å². The highest BCUT2D eigenvalue weighted by atomic mass is 32.2. The van der Waals surface area contributed by atoms with Crippen molar-refractivity contribution in [2.75, 3.05) is 27.9 Å². The predicted molar refractivity (Wildman–Crippen MR) is 126 cm³/mol. The summed E-state index contributed by atoms with van der Waals surface area (Å²) in [5, 5.41) is 4.48. The van der Waals surface area contributed by atoms with Crippen molar-refractivity contribution >= 4 is 33.2 Å². The molecule has 0 radical (unpaired) electrons. The molecule has 2 aliphatic heterocycles. The van der Waals surface area contributed by atoms with Gasteiger partial charge >= 0.3 is 6.09 Å². The predicted octanol–water partition coefficient (Wildman–Crippen LogP) is 3.41. The number of hydrogen-bond donors (Lipinski definition) is 0. The Kier molecular flexibility index (Phi) is 6.22. The molecule has 0 saturated carbocycles. The normalized spacial score (nSPS) is 20.6. The standard InChI is InChI=1S/C23H30N4O5S/c1-15(2)32-23(29)25-13-16(3)27(17(4)28)21-6-5-18(11-22(21)25)19-12-24-26(14-19)20-7-9-33(30,31)10-8-20/h5-6,11-12,14-16,20H,7-10,13H2,1-4H3/t16-/m0/s1. The van der Waals surface area contributed by atoms with Gasteiger partial charge < -0.3 is 9.64 Å². The molecule has 33 heavy (non-hydrogen) atoms. The van der Waals surface area contributed by atoms with E-state index in [1.54, 1.807) is 29.8 Å². The van der Waals surface area contributed by atoms with E-state index in [0.29, 0.717) is 30.8 Å². The van der Waals surface area contributed by atoms with Crippen LogP contribution in [0.5, 0.6) is 0 Å². The third-order valence-corrected chi connectivity index (χ3v) is 7.86. The van der Waals surface area contributed by atoms with Gasteiger partial charge in [-0.1, -0.05) is 6.07 Å². The van der Waals surface area contributed by atoms with Crippen LogP contribution in [0.1, 0.15) is 46.6 Å². The van der Waals surface area contributed by atoms with Crippen molar-refractivity contribution in [3.8, 4) is 11.1 Å².